The minimum atomic E-state index is -0.891. The van der Waals surface area contributed by atoms with Gasteiger partial charge in [0.1, 0.15) is 24.9 Å². The maximum absolute atomic E-state index is 11.9. The largest absolute Gasteiger partial charge is 0.459 e. The van der Waals surface area contributed by atoms with Gasteiger partial charge in [-0.25, -0.2) is 4.79 Å². The molecule has 3 rings (SSSR count). The number of carbonyl (C=O) groups excluding carboxylic acids is 1. The predicted octanol–water partition coefficient (Wildman–Crippen LogP) is 1.39. The van der Waals surface area contributed by atoms with Crippen LogP contribution < -0.4 is 0 Å². The smallest absolute Gasteiger partial charge is 0.338 e. The molecule has 0 spiro atoms. The van der Waals surface area contributed by atoms with Crippen LogP contribution in [0.1, 0.15) is 29.8 Å². The van der Waals surface area contributed by atoms with Gasteiger partial charge in [-0.05, 0) is 32.9 Å². The predicted molar refractivity (Wildman–Crippen MR) is 76.2 cm³/mol. The van der Waals surface area contributed by atoms with E-state index in [0.29, 0.717) is 5.56 Å². The Labute approximate surface area is 128 Å². The van der Waals surface area contributed by atoms with Crippen molar-refractivity contribution in [1.82, 2.24) is 0 Å². The summed E-state index contributed by atoms with van der Waals surface area (Å²) in [6.45, 7) is 5.41. The molecule has 6 heteroatoms. The summed E-state index contributed by atoms with van der Waals surface area (Å²) in [6, 6.07) is 7.08. The fourth-order valence-electron chi connectivity index (χ4n) is 2.63. The number of carbonyl (C=O) groups is 1. The Hall–Kier alpha value is -1.47. The van der Waals surface area contributed by atoms with Gasteiger partial charge in [0.05, 0.1) is 5.56 Å². The quantitative estimate of drug-likeness (QED) is 0.851. The van der Waals surface area contributed by atoms with E-state index >= 15 is 0 Å². The first kappa shape index (κ1) is 15.4. The van der Waals surface area contributed by atoms with Gasteiger partial charge in [-0.15, -0.1) is 0 Å². The summed E-state index contributed by atoms with van der Waals surface area (Å²) in [5.41, 5.74) is 1.53. The lowest BCUT2D eigenvalue weighted by atomic mass is 10.1. The summed E-state index contributed by atoms with van der Waals surface area (Å²) in [6.07, 6.45) is -2.73. The summed E-state index contributed by atoms with van der Waals surface area (Å²) in [4.78, 5) is 11.9. The van der Waals surface area contributed by atoms with Crippen LogP contribution in [0.15, 0.2) is 24.3 Å². The van der Waals surface area contributed by atoms with Gasteiger partial charge in [0.15, 0.2) is 12.1 Å². The molecule has 2 saturated heterocycles. The Morgan fingerprint density at radius 1 is 1.27 bits per heavy atom. The van der Waals surface area contributed by atoms with Crippen LogP contribution in [0.25, 0.3) is 0 Å². The second kappa shape index (κ2) is 5.62. The number of hydrogen-bond acceptors (Lipinski definition) is 6. The average Bonchev–Trinajstić information content (AvgIpc) is 2.91. The fraction of sp³-hybridized carbons (Fsp3) is 0.562. The summed E-state index contributed by atoms with van der Waals surface area (Å²) in [5.74, 6) is -1.23. The first-order valence-corrected chi connectivity index (χ1v) is 7.29. The third-order valence-corrected chi connectivity index (χ3v) is 3.78. The van der Waals surface area contributed by atoms with Gasteiger partial charge in [0, 0.05) is 0 Å². The maximum atomic E-state index is 11.9. The molecule has 0 saturated carbocycles. The Morgan fingerprint density at radius 3 is 2.59 bits per heavy atom. The minimum Gasteiger partial charge on any atom is -0.459 e. The van der Waals surface area contributed by atoms with E-state index in [4.69, 9.17) is 18.9 Å². The van der Waals surface area contributed by atoms with Crippen molar-refractivity contribution < 1.29 is 28.8 Å². The highest BCUT2D eigenvalue weighted by Crippen LogP contribution is 2.37. The molecule has 0 bridgehead atoms. The van der Waals surface area contributed by atoms with E-state index in [0.717, 1.165) is 5.56 Å². The summed E-state index contributed by atoms with van der Waals surface area (Å²) >= 11 is 0. The Bertz CT molecular complexity index is 552. The summed E-state index contributed by atoms with van der Waals surface area (Å²) in [7, 11) is 0. The molecule has 0 unspecified atom stereocenters. The van der Waals surface area contributed by atoms with Crippen LogP contribution in [-0.2, 0) is 18.9 Å². The number of esters is 1. The molecule has 0 aromatic heterocycles. The van der Waals surface area contributed by atoms with Crippen LogP contribution in [-0.4, -0.2) is 48.1 Å². The second-order valence-electron chi connectivity index (χ2n) is 6.10. The molecule has 120 valence electrons. The van der Waals surface area contributed by atoms with Crippen molar-refractivity contribution in [3.8, 4) is 0 Å². The first-order chi connectivity index (χ1) is 10.4. The van der Waals surface area contributed by atoms with Crippen molar-refractivity contribution in [2.75, 3.05) is 6.61 Å². The van der Waals surface area contributed by atoms with Crippen molar-refractivity contribution in [1.29, 1.82) is 0 Å². The van der Waals surface area contributed by atoms with Gasteiger partial charge in [0.25, 0.3) is 0 Å². The molecular formula is C16H20O6. The number of fused-ring (bicyclic) bond motifs is 1. The van der Waals surface area contributed by atoms with Gasteiger partial charge in [-0.2, -0.15) is 0 Å². The highest BCUT2D eigenvalue weighted by Gasteiger charge is 2.54. The van der Waals surface area contributed by atoms with Crippen LogP contribution in [0.3, 0.4) is 0 Å². The lowest BCUT2D eigenvalue weighted by molar-refractivity contribution is -0.218. The highest BCUT2D eigenvalue weighted by molar-refractivity contribution is 5.89. The number of rotatable bonds is 3. The molecule has 1 N–H and O–H groups in total. The van der Waals surface area contributed by atoms with Crippen LogP contribution in [0, 0.1) is 6.92 Å². The Kier molecular flexibility index (Phi) is 3.94. The molecule has 1 aromatic rings. The van der Waals surface area contributed by atoms with E-state index < -0.39 is 36.4 Å². The number of aliphatic hydroxyl groups excluding tert-OH is 1. The van der Waals surface area contributed by atoms with Crippen molar-refractivity contribution in [2.45, 2.75) is 51.2 Å². The van der Waals surface area contributed by atoms with Crippen LogP contribution in [0.2, 0.25) is 0 Å². The monoisotopic (exact) mass is 308 g/mol. The molecule has 4 atom stereocenters. The van der Waals surface area contributed by atoms with Crippen LogP contribution in [0.4, 0.5) is 0 Å². The lowest BCUT2D eigenvalue weighted by Crippen LogP contribution is -2.37. The third kappa shape index (κ3) is 3.01. The molecule has 2 aliphatic rings. The van der Waals surface area contributed by atoms with Gasteiger partial charge >= 0.3 is 5.97 Å². The van der Waals surface area contributed by atoms with Gasteiger partial charge in [-0.3, -0.25) is 0 Å². The molecular weight excluding hydrogens is 288 g/mol. The van der Waals surface area contributed by atoms with Gasteiger partial charge in [0.2, 0.25) is 0 Å². The second-order valence-corrected chi connectivity index (χ2v) is 6.10. The zero-order valence-electron chi connectivity index (χ0n) is 12.8. The molecule has 2 fully saturated rings. The van der Waals surface area contributed by atoms with Crippen molar-refractivity contribution in [3.05, 3.63) is 35.4 Å². The van der Waals surface area contributed by atoms with E-state index in [2.05, 4.69) is 0 Å². The summed E-state index contributed by atoms with van der Waals surface area (Å²) < 4.78 is 21.9. The normalized spacial score (nSPS) is 32.7. The molecule has 1 aromatic carbocycles. The first-order valence-electron chi connectivity index (χ1n) is 7.29. The number of ether oxygens (including phenoxy) is 4. The highest BCUT2D eigenvalue weighted by atomic mass is 16.8. The Morgan fingerprint density at radius 2 is 1.95 bits per heavy atom. The van der Waals surface area contributed by atoms with Gasteiger partial charge < -0.3 is 24.1 Å². The lowest BCUT2D eigenvalue weighted by Gasteiger charge is -2.22. The number of aliphatic hydroxyl groups is 1. The maximum Gasteiger partial charge on any atom is 0.338 e. The fourth-order valence-corrected chi connectivity index (χ4v) is 2.63. The Balaban J connectivity index is 1.55. The SMILES string of the molecule is Cc1ccc(C(=O)OC[C@@H]2O[C@@H]3OC(C)(C)O[C@H]3[C@@H]2O)cc1. The molecule has 0 radical (unpaired) electrons. The van der Waals surface area contributed by atoms with Crippen LogP contribution in [0.5, 0.6) is 0 Å². The molecule has 0 aliphatic carbocycles. The van der Waals surface area contributed by atoms with E-state index in [1.165, 1.54) is 0 Å². The summed E-state index contributed by atoms with van der Waals surface area (Å²) in [5, 5.41) is 10.2. The van der Waals surface area contributed by atoms with E-state index in [1.54, 1.807) is 26.0 Å². The van der Waals surface area contributed by atoms with Crippen molar-refractivity contribution >= 4 is 5.97 Å². The molecule has 22 heavy (non-hydrogen) atoms. The number of hydrogen-bond donors (Lipinski definition) is 1. The molecule has 6 nitrogen and oxygen atoms in total. The van der Waals surface area contributed by atoms with Crippen LogP contribution >= 0.6 is 0 Å². The van der Waals surface area contributed by atoms with Crippen molar-refractivity contribution in [3.63, 3.8) is 0 Å². The standard InChI is InChI=1S/C16H20O6/c1-9-4-6-10(7-5-9)14(18)19-8-11-12(17)13-15(20-11)22-16(2,3)21-13/h4-7,11-13,15,17H,8H2,1-3H3/t11-,12+,13-,15+/m0/s1. The average molecular weight is 308 g/mol. The van der Waals surface area contributed by atoms with E-state index in [1.807, 2.05) is 19.1 Å². The van der Waals surface area contributed by atoms with E-state index in [-0.39, 0.29) is 6.61 Å². The third-order valence-electron chi connectivity index (χ3n) is 3.78. The minimum absolute atomic E-state index is 0.0476. The van der Waals surface area contributed by atoms with Gasteiger partial charge in [-0.1, -0.05) is 17.7 Å². The molecule has 2 heterocycles. The van der Waals surface area contributed by atoms with Crippen molar-refractivity contribution in [2.24, 2.45) is 0 Å². The molecule has 2 aliphatic heterocycles. The number of benzene rings is 1. The zero-order valence-corrected chi connectivity index (χ0v) is 12.8. The molecule has 0 amide bonds. The topological polar surface area (TPSA) is 74.2 Å². The van der Waals surface area contributed by atoms with E-state index in [9.17, 15) is 9.90 Å². The zero-order chi connectivity index (χ0) is 15.9. The number of aryl methyl sites for hydroxylation is 1.